The lowest BCUT2D eigenvalue weighted by Crippen LogP contribution is -2.44. The van der Waals surface area contributed by atoms with Crippen molar-refractivity contribution in [2.75, 3.05) is 6.61 Å². The van der Waals surface area contributed by atoms with Crippen LogP contribution in [0.5, 0.6) is 11.5 Å². The van der Waals surface area contributed by atoms with E-state index in [-0.39, 0.29) is 18.6 Å². The van der Waals surface area contributed by atoms with Crippen LogP contribution in [-0.2, 0) is 4.79 Å². The molecule has 0 saturated carbocycles. The Morgan fingerprint density at radius 1 is 1.24 bits per heavy atom. The number of carbonyl (C=O) groups is 1. The highest BCUT2D eigenvalue weighted by atomic mass is 16.6. The van der Waals surface area contributed by atoms with E-state index in [1.54, 1.807) is 18.5 Å². The van der Waals surface area contributed by atoms with Crippen molar-refractivity contribution in [3.05, 3.63) is 54.4 Å². The smallest absolute Gasteiger partial charge is 0.265 e. The summed E-state index contributed by atoms with van der Waals surface area (Å²) in [5.74, 6) is 1.08. The first-order valence-electron chi connectivity index (χ1n) is 6.83. The van der Waals surface area contributed by atoms with Crippen molar-refractivity contribution in [3.8, 4) is 11.5 Å². The highest BCUT2D eigenvalue weighted by molar-refractivity contribution is 5.82. The Hall–Kier alpha value is -2.56. The molecule has 0 radical (unpaired) electrons. The molecule has 1 aliphatic rings. The second kappa shape index (κ2) is 5.83. The molecule has 0 aliphatic carbocycles. The van der Waals surface area contributed by atoms with Crippen LogP contribution < -0.4 is 14.8 Å². The topological polar surface area (TPSA) is 60.5 Å². The molecule has 5 heteroatoms. The minimum absolute atomic E-state index is 0.110. The van der Waals surface area contributed by atoms with Gasteiger partial charge in [-0.2, -0.15) is 0 Å². The van der Waals surface area contributed by atoms with Crippen LogP contribution in [0.4, 0.5) is 0 Å². The third kappa shape index (κ3) is 2.97. The van der Waals surface area contributed by atoms with Crippen LogP contribution in [0, 0.1) is 0 Å². The van der Waals surface area contributed by atoms with E-state index in [4.69, 9.17) is 9.47 Å². The van der Waals surface area contributed by atoms with Gasteiger partial charge in [-0.25, -0.2) is 0 Å². The summed E-state index contributed by atoms with van der Waals surface area (Å²) in [6, 6.07) is 11.0. The van der Waals surface area contributed by atoms with Crippen molar-refractivity contribution < 1.29 is 14.3 Å². The predicted molar refractivity (Wildman–Crippen MR) is 77.1 cm³/mol. The predicted octanol–water partition coefficient (Wildman–Crippen LogP) is 2.10. The Morgan fingerprint density at radius 3 is 2.71 bits per heavy atom. The molecular weight excluding hydrogens is 268 g/mol. The zero-order valence-corrected chi connectivity index (χ0v) is 11.7. The Kier molecular flexibility index (Phi) is 3.73. The molecule has 2 heterocycles. The fourth-order valence-corrected chi connectivity index (χ4v) is 2.19. The molecule has 2 unspecified atom stereocenters. The van der Waals surface area contributed by atoms with Gasteiger partial charge in [0.25, 0.3) is 5.91 Å². The van der Waals surface area contributed by atoms with Crippen LogP contribution in [-0.4, -0.2) is 23.6 Å². The summed E-state index contributed by atoms with van der Waals surface area (Å²) < 4.78 is 11.2. The number of aromatic nitrogens is 1. The van der Waals surface area contributed by atoms with E-state index in [2.05, 4.69) is 10.3 Å². The van der Waals surface area contributed by atoms with Crippen LogP contribution in [0.15, 0.2) is 48.8 Å². The number of amides is 1. The molecule has 108 valence electrons. The standard InChI is InChI=1S/C16H16N2O3/c1-11(12-6-8-17-9-7-12)18-16(19)15-10-20-13-4-2-3-5-14(13)21-15/h2-9,11,15H,10H2,1H3,(H,18,19). The summed E-state index contributed by atoms with van der Waals surface area (Å²) in [4.78, 5) is 16.2. The first-order chi connectivity index (χ1) is 10.2. The molecule has 21 heavy (non-hydrogen) atoms. The molecule has 1 aliphatic heterocycles. The highest BCUT2D eigenvalue weighted by Crippen LogP contribution is 2.31. The second-order valence-electron chi connectivity index (χ2n) is 4.88. The number of hydrogen-bond donors (Lipinski definition) is 1. The van der Waals surface area contributed by atoms with Crippen molar-refractivity contribution in [2.24, 2.45) is 0 Å². The van der Waals surface area contributed by atoms with Gasteiger partial charge in [0.15, 0.2) is 11.5 Å². The minimum atomic E-state index is -0.635. The Bertz CT molecular complexity index is 630. The first kappa shape index (κ1) is 13.4. The van der Waals surface area contributed by atoms with E-state index in [0.29, 0.717) is 11.5 Å². The van der Waals surface area contributed by atoms with Crippen LogP contribution in [0.2, 0.25) is 0 Å². The molecule has 1 aromatic heterocycles. The van der Waals surface area contributed by atoms with Crippen LogP contribution in [0.3, 0.4) is 0 Å². The quantitative estimate of drug-likeness (QED) is 0.937. The van der Waals surface area contributed by atoms with Crippen molar-refractivity contribution >= 4 is 5.91 Å². The first-order valence-corrected chi connectivity index (χ1v) is 6.83. The zero-order valence-electron chi connectivity index (χ0n) is 11.7. The number of nitrogens with one attached hydrogen (secondary N) is 1. The van der Waals surface area contributed by atoms with E-state index in [0.717, 1.165) is 5.56 Å². The molecule has 0 fully saturated rings. The average molecular weight is 284 g/mol. The van der Waals surface area contributed by atoms with E-state index in [9.17, 15) is 4.79 Å². The molecule has 0 bridgehead atoms. The Balaban J connectivity index is 1.65. The van der Waals surface area contributed by atoms with Gasteiger partial charge in [-0.3, -0.25) is 9.78 Å². The maximum Gasteiger partial charge on any atom is 0.265 e. The fourth-order valence-electron chi connectivity index (χ4n) is 2.19. The summed E-state index contributed by atoms with van der Waals surface area (Å²) in [5.41, 5.74) is 0.996. The molecule has 2 atom stereocenters. The lowest BCUT2D eigenvalue weighted by Gasteiger charge is -2.26. The third-order valence-electron chi connectivity index (χ3n) is 3.37. The van der Waals surface area contributed by atoms with Crippen molar-refractivity contribution in [1.29, 1.82) is 0 Å². The lowest BCUT2D eigenvalue weighted by atomic mass is 10.1. The van der Waals surface area contributed by atoms with E-state index in [1.165, 1.54) is 0 Å². The molecule has 1 N–H and O–H groups in total. The number of hydrogen-bond acceptors (Lipinski definition) is 4. The van der Waals surface area contributed by atoms with Gasteiger partial charge in [0.1, 0.15) is 6.61 Å². The van der Waals surface area contributed by atoms with Crippen molar-refractivity contribution in [1.82, 2.24) is 10.3 Å². The van der Waals surface area contributed by atoms with Gasteiger partial charge in [0, 0.05) is 12.4 Å². The van der Waals surface area contributed by atoms with Crippen molar-refractivity contribution in [3.63, 3.8) is 0 Å². The molecular formula is C16H16N2O3. The number of rotatable bonds is 3. The molecule has 3 rings (SSSR count). The Labute approximate surface area is 122 Å². The number of pyridine rings is 1. The third-order valence-corrected chi connectivity index (χ3v) is 3.37. The summed E-state index contributed by atoms with van der Waals surface area (Å²) in [6.45, 7) is 2.14. The molecule has 1 amide bonds. The number of nitrogens with zero attached hydrogens (tertiary/aromatic N) is 1. The molecule has 0 spiro atoms. The van der Waals surface area contributed by atoms with E-state index < -0.39 is 6.10 Å². The van der Waals surface area contributed by atoms with Crippen LogP contribution in [0.1, 0.15) is 18.5 Å². The van der Waals surface area contributed by atoms with Crippen molar-refractivity contribution in [2.45, 2.75) is 19.1 Å². The van der Waals surface area contributed by atoms with Gasteiger partial charge in [-0.15, -0.1) is 0 Å². The highest BCUT2D eigenvalue weighted by Gasteiger charge is 2.28. The molecule has 1 aromatic carbocycles. The minimum Gasteiger partial charge on any atom is -0.485 e. The fraction of sp³-hybridized carbons (Fsp3) is 0.250. The number of benzene rings is 1. The number of fused-ring (bicyclic) bond motifs is 1. The summed E-state index contributed by atoms with van der Waals surface area (Å²) in [6.07, 6.45) is 2.77. The van der Waals surface area contributed by atoms with Gasteiger partial charge in [0.05, 0.1) is 6.04 Å². The second-order valence-corrected chi connectivity index (χ2v) is 4.88. The normalized spacial score (nSPS) is 17.9. The van der Waals surface area contributed by atoms with Gasteiger partial charge < -0.3 is 14.8 Å². The van der Waals surface area contributed by atoms with E-state index in [1.807, 2.05) is 37.3 Å². The summed E-state index contributed by atoms with van der Waals surface area (Å²) in [7, 11) is 0. The average Bonchev–Trinajstić information content (AvgIpc) is 2.55. The van der Waals surface area contributed by atoms with Crippen LogP contribution >= 0.6 is 0 Å². The summed E-state index contributed by atoms with van der Waals surface area (Å²) in [5, 5.41) is 2.92. The van der Waals surface area contributed by atoms with Gasteiger partial charge in [-0.05, 0) is 36.8 Å². The molecule has 5 nitrogen and oxygen atoms in total. The maximum absolute atomic E-state index is 12.3. The molecule has 0 saturated heterocycles. The van der Waals surface area contributed by atoms with Crippen LogP contribution in [0.25, 0.3) is 0 Å². The lowest BCUT2D eigenvalue weighted by molar-refractivity contribution is -0.131. The van der Waals surface area contributed by atoms with E-state index >= 15 is 0 Å². The maximum atomic E-state index is 12.3. The number of carbonyl (C=O) groups excluding carboxylic acids is 1. The largest absolute Gasteiger partial charge is 0.485 e. The number of para-hydroxylation sites is 2. The van der Waals surface area contributed by atoms with Gasteiger partial charge in [0.2, 0.25) is 6.10 Å². The summed E-state index contributed by atoms with van der Waals surface area (Å²) >= 11 is 0. The number of ether oxygens (including phenoxy) is 2. The Morgan fingerprint density at radius 2 is 1.95 bits per heavy atom. The zero-order chi connectivity index (χ0) is 14.7. The SMILES string of the molecule is CC(NC(=O)C1COc2ccccc2O1)c1ccncc1. The van der Waals surface area contributed by atoms with Gasteiger partial charge in [-0.1, -0.05) is 12.1 Å². The monoisotopic (exact) mass is 284 g/mol. The van der Waals surface area contributed by atoms with Gasteiger partial charge >= 0.3 is 0 Å². The molecule has 2 aromatic rings.